The fraction of sp³-hybridized carbons (Fsp3) is 0.571. The van der Waals surface area contributed by atoms with Crippen LogP contribution in [0.2, 0.25) is 0 Å². The molecule has 1 aromatic rings. The van der Waals surface area contributed by atoms with Gasteiger partial charge in [-0.15, -0.1) is 0 Å². The highest BCUT2D eigenvalue weighted by Gasteiger charge is 2.19. The molecule has 0 spiro atoms. The number of rotatable bonds is 5. The second kappa shape index (κ2) is 6.56. The lowest BCUT2D eigenvalue weighted by molar-refractivity contribution is 0.347. The molecule has 1 fully saturated rings. The van der Waals surface area contributed by atoms with Crippen LogP contribution in [0, 0.1) is 5.92 Å². The lowest BCUT2D eigenvalue weighted by Crippen LogP contribution is -2.38. The summed E-state index contributed by atoms with van der Waals surface area (Å²) >= 11 is 0. The molecule has 0 saturated carbocycles. The molecule has 0 radical (unpaired) electrons. The molecule has 112 valence electrons. The molecule has 3 N–H and O–H groups in total. The third-order valence-electron chi connectivity index (χ3n) is 3.87. The molecule has 2 rings (SSSR count). The highest BCUT2D eigenvalue weighted by Crippen LogP contribution is 2.20. The van der Waals surface area contributed by atoms with Gasteiger partial charge in [0, 0.05) is 11.7 Å². The third kappa shape index (κ3) is 3.71. The summed E-state index contributed by atoms with van der Waals surface area (Å²) in [6.45, 7) is 4.33. The Morgan fingerprint density at radius 3 is 2.55 bits per heavy atom. The molecule has 1 aliphatic heterocycles. The summed E-state index contributed by atoms with van der Waals surface area (Å²) in [6, 6.07) is 7.25. The Balaban J connectivity index is 2.00. The van der Waals surface area contributed by atoms with Crippen molar-refractivity contribution in [2.75, 3.05) is 25.5 Å². The van der Waals surface area contributed by atoms with E-state index in [-0.39, 0.29) is 4.90 Å². The number of anilines is 1. The SMILES string of the molecule is CNS(=O)(=O)c1ccc(NC(C)C2CCCNC2)cc1. The van der Waals surface area contributed by atoms with Gasteiger partial charge in [-0.05, 0) is 70.1 Å². The minimum Gasteiger partial charge on any atom is -0.382 e. The molecule has 0 amide bonds. The van der Waals surface area contributed by atoms with Crippen molar-refractivity contribution in [3.05, 3.63) is 24.3 Å². The number of piperidine rings is 1. The largest absolute Gasteiger partial charge is 0.382 e. The first-order chi connectivity index (χ1) is 9.53. The smallest absolute Gasteiger partial charge is 0.240 e. The first-order valence-corrected chi connectivity index (χ1v) is 8.52. The number of sulfonamides is 1. The predicted molar refractivity (Wildman–Crippen MR) is 81.4 cm³/mol. The average molecular weight is 297 g/mol. The van der Waals surface area contributed by atoms with Gasteiger partial charge in [-0.2, -0.15) is 0 Å². The maximum Gasteiger partial charge on any atom is 0.240 e. The van der Waals surface area contributed by atoms with Crippen LogP contribution >= 0.6 is 0 Å². The zero-order valence-corrected chi connectivity index (χ0v) is 12.8. The van der Waals surface area contributed by atoms with Crippen LogP contribution in [0.5, 0.6) is 0 Å². The van der Waals surface area contributed by atoms with E-state index in [0.717, 1.165) is 18.8 Å². The Bertz CT molecular complexity index is 522. The van der Waals surface area contributed by atoms with E-state index in [1.165, 1.54) is 19.9 Å². The topological polar surface area (TPSA) is 70.2 Å². The van der Waals surface area contributed by atoms with Crippen LogP contribution < -0.4 is 15.4 Å². The molecule has 0 aliphatic carbocycles. The molecule has 0 bridgehead atoms. The van der Waals surface area contributed by atoms with Crippen LogP contribution in [-0.4, -0.2) is 34.6 Å². The second-order valence-electron chi connectivity index (χ2n) is 5.27. The van der Waals surface area contributed by atoms with E-state index < -0.39 is 10.0 Å². The van der Waals surface area contributed by atoms with Crippen LogP contribution in [-0.2, 0) is 10.0 Å². The minimum atomic E-state index is -3.35. The summed E-state index contributed by atoms with van der Waals surface area (Å²) in [4.78, 5) is 0.289. The summed E-state index contributed by atoms with van der Waals surface area (Å²) in [5, 5.41) is 6.86. The number of hydrogen-bond donors (Lipinski definition) is 3. The van der Waals surface area contributed by atoms with Crippen molar-refractivity contribution in [3.63, 3.8) is 0 Å². The van der Waals surface area contributed by atoms with Crippen LogP contribution in [0.4, 0.5) is 5.69 Å². The Morgan fingerprint density at radius 1 is 1.30 bits per heavy atom. The lowest BCUT2D eigenvalue weighted by atomic mass is 9.92. The van der Waals surface area contributed by atoms with Gasteiger partial charge in [0.2, 0.25) is 10.0 Å². The van der Waals surface area contributed by atoms with Gasteiger partial charge in [-0.25, -0.2) is 13.1 Å². The summed E-state index contributed by atoms with van der Waals surface area (Å²) in [7, 11) is -1.94. The minimum absolute atomic E-state index is 0.289. The molecule has 1 aromatic carbocycles. The van der Waals surface area contributed by atoms with E-state index in [4.69, 9.17) is 0 Å². The third-order valence-corrected chi connectivity index (χ3v) is 5.30. The van der Waals surface area contributed by atoms with Gasteiger partial charge in [0.05, 0.1) is 4.90 Å². The van der Waals surface area contributed by atoms with E-state index in [9.17, 15) is 8.42 Å². The maximum atomic E-state index is 11.6. The average Bonchev–Trinajstić information content (AvgIpc) is 2.48. The summed E-state index contributed by atoms with van der Waals surface area (Å²) in [5.74, 6) is 0.615. The van der Waals surface area contributed by atoms with E-state index in [2.05, 4.69) is 22.3 Å². The highest BCUT2D eigenvalue weighted by atomic mass is 32.2. The molecule has 1 aliphatic rings. The summed E-state index contributed by atoms with van der Waals surface area (Å²) in [6.07, 6.45) is 2.45. The molecular formula is C14H23N3O2S. The van der Waals surface area contributed by atoms with Crippen molar-refractivity contribution >= 4 is 15.7 Å². The van der Waals surface area contributed by atoms with Crippen LogP contribution in [0.3, 0.4) is 0 Å². The molecule has 2 atom stereocenters. The molecule has 6 heteroatoms. The summed E-state index contributed by atoms with van der Waals surface area (Å²) in [5.41, 5.74) is 0.957. The highest BCUT2D eigenvalue weighted by molar-refractivity contribution is 7.89. The van der Waals surface area contributed by atoms with Crippen LogP contribution in [0.15, 0.2) is 29.2 Å². The van der Waals surface area contributed by atoms with Gasteiger partial charge in [0.25, 0.3) is 0 Å². The standard InChI is InChI=1S/C14H23N3O2S/c1-11(12-4-3-9-16-10-12)17-13-5-7-14(8-6-13)20(18,19)15-2/h5-8,11-12,15-17H,3-4,9-10H2,1-2H3. The van der Waals surface area contributed by atoms with Crippen molar-refractivity contribution in [1.82, 2.24) is 10.0 Å². The van der Waals surface area contributed by atoms with Crippen molar-refractivity contribution in [2.45, 2.75) is 30.7 Å². The zero-order valence-electron chi connectivity index (χ0n) is 12.0. The van der Waals surface area contributed by atoms with Crippen molar-refractivity contribution in [2.24, 2.45) is 5.92 Å². The van der Waals surface area contributed by atoms with E-state index in [0.29, 0.717) is 12.0 Å². The van der Waals surface area contributed by atoms with Gasteiger partial charge < -0.3 is 10.6 Å². The van der Waals surface area contributed by atoms with Crippen LogP contribution in [0.1, 0.15) is 19.8 Å². The lowest BCUT2D eigenvalue weighted by Gasteiger charge is -2.29. The Morgan fingerprint density at radius 2 is 2.00 bits per heavy atom. The van der Waals surface area contributed by atoms with Crippen molar-refractivity contribution < 1.29 is 8.42 Å². The molecule has 1 heterocycles. The number of hydrogen-bond acceptors (Lipinski definition) is 4. The Labute approximate surface area is 121 Å². The van der Waals surface area contributed by atoms with Crippen molar-refractivity contribution in [3.8, 4) is 0 Å². The predicted octanol–water partition coefficient (Wildman–Crippen LogP) is 1.39. The molecular weight excluding hydrogens is 274 g/mol. The molecule has 5 nitrogen and oxygen atoms in total. The number of nitrogens with one attached hydrogen (secondary N) is 3. The fourth-order valence-corrected chi connectivity index (χ4v) is 3.26. The fourth-order valence-electron chi connectivity index (χ4n) is 2.53. The number of benzene rings is 1. The quantitative estimate of drug-likeness (QED) is 0.768. The van der Waals surface area contributed by atoms with Gasteiger partial charge >= 0.3 is 0 Å². The van der Waals surface area contributed by atoms with E-state index >= 15 is 0 Å². The van der Waals surface area contributed by atoms with Crippen molar-refractivity contribution in [1.29, 1.82) is 0 Å². The van der Waals surface area contributed by atoms with Crippen LogP contribution in [0.25, 0.3) is 0 Å². The normalized spacial score (nSPS) is 21.4. The van der Waals surface area contributed by atoms with Gasteiger partial charge in [0.15, 0.2) is 0 Å². The molecule has 0 aromatic heterocycles. The molecule has 20 heavy (non-hydrogen) atoms. The molecule has 2 unspecified atom stereocenters. The first kappa shape index (κ1) is 15.3. The summed E-state index contributed by atoms with van der Waals surface area (Å²) < 4.78 is 25.6. The first-order valence-electron chi connectivity index (χ1n) is 7.04. The Kier molecular flexibility index (Phi) is 5.01. The van der Waals surface area contributed by atoms with Gasteiger partial charge in [-0.1, -0.05) is 0 Å². The Hall–Kier alpha value is -1.11. The van der Waals surface area contributed by atoms with E-state index in [1.807, 2.05) is 12.1 Å². The zero-order chi connectivity index (χ0) is 14.6. The van der Waals surface area contributed by atoms with E-state index in [1.54, 1.807) is 12.1 Å². The van der Waals surface area contributed by atoms with Gasteiger partial charge in [0.1, 0.15) is 0 Å². The second-order valence-corrected chi connectivity index (χ2v) is 7.16. The van der Waals surface area contributed by atoms with Gasteiger partial charge in [-0.3, -0.25) is 0 Å². The monoisotopic (exact) mass is 297 g/mol. The maximum absolute atomic E-state index is 11.6. The molecule has 1 saturated heterocycles.